The molecule has 0 aliphatic carbocycles. The fraction of sp³-hybridized carbons (Fsp3) is 0.556. The minimum Gasteiger partial charge on any atom is -0.364 e. The number of nitrogens with two attached hydrogens (primary N) is 1. The first-order valence-corrected chi connectivity index (χ1v) is 4.32. The van der Waals surface area contributed by atoms with Crippen LogP contribution in [-0.4, -0.2) is 15.7 Å². The van der Waals surface area contributed by atoms with E-state index in [1.807, 2.05) is 6.07 Å². The van der Waals surface area contributed by atoms with Crippen molar-refractivity contribution in [2.75, 3.05) is 5.32 Å². The average Bonchev–Trinajstić information content (AvgIpc) is 2.02. The first-order valence-electron chi connectivity index (χ1n) is 4.32. The fourth-order valence-corrected chi connectivity index (χ4v) is 0.983. The van der Waals surface area contributed by atoms with Gasteiger partial charge in [0.2, 0.25) is 0 Å². The molecule has 0 atom stereocenters. The van der Waals surface area contributed by atoms with Crippen LogP contribution < -0.4 is 11.1 Å². The van der Waals surface area contributed by atoms with Crippen molar-refractivity contribution in [3.05, 3.63) is 17.8 Å². The summed E-state index contributed by atoms with van der Waals surface area (Å²) in [6, 6.07) is 1.88. The lowest BCUT2D eigenvalue weighted by atomic mass is 10.1. The third-order valence-corrected chi connectivity index (χ3v) is 1.52. The lowest BCUT2D eigenvalue weighted by Crippen LogP contribution is -2.28. The zero-order valence-electron chi connectivity index (χ0n) is 8.33. The number of rotatable bonds is 2. The molecule has 1 aromatic heterocycles. The highest BCUT2D eigenvalue weighted by Crippen LogP contribution is 2.14. The lowest BCUT2D eigenvalue weighted by molar-refractivity contribution is 0.626. The smallest absolute Gasteiger partial charge is 0.153 e. The van der Waals surface area contributed by atoms with Crippen molar-refractivity contribution in [1.29, 1.82) is 0 Å². The van der Waals surface area contributed by atoms with Gasteiger partial charge in [-0.1, -0.05) is 0 Å². The van der Waals surface area contributed by atoms with Gasteiger partial charge in [0.05, 0.1) is 6.20 Å². The molecule has 13 heavy (non-hydrogen) atoms. The number of nitrogens with zero attached hydrogens (tertiary/aromatic N) is 2. The van der Waals surface area contributed by atoms with Gasteiger partial charge >= 0.3 is 0 Å². The van der Waals surface area contributed by atoms with E-state index in [9.17, 15) is 0 Å². The Morgan fingerprint density at radius 1 is 1.46 bits per heavy atom. The Labute approximate surface area is 78.6 Å². The monoisotopic (exact) mass is 180 g/mol. The van der Waals surface area contributed by atoms with E-state index in [1.54, 1.807) is 6.20 Å². The number of nitrogens with one attached hydrogen (secondary N) is 1. The second kappa shape index (κ2) is 3.70. The summed E-state index contributed by atoms with van der Waals surface area (Å²) in [5.74, 6) is 0.775. The van der Waals surface area contributed by atoms with Gasteiger partial charge in [-0.25, -0.2) is 0 Å². The van der Waals surface area contributed by atoms with Gasteiger partial charge in [0.15, 0.2) is 5.82 Å². The maximum Gasteiger partial charge on any atom is 0.153 e. The highest BCUT2D eigenvalue weighted by molar-refractivity contribution is 5.43. The Hall–Kier alpha value is -1.16. The predicted octanol–water partition coefficient (Wildman–Crippen LogP) is 1.15. The summed E-state index contributed by atoms with van der Waals surface area (Å²) >= 11 is 0. The molecule has 0 bridgehead atoms. The van der Waals surface area contributed by atoms with Gasteiger partial charge < -0.3 is 11.1 Å². The molecule has 1 heterocycles. The molecule has 0 radical (unpaired) electrons. The minimum atomic E-state index is -0.0139. The molecule has 0 fully saturated rings. The van der Waals surface area contributed by atoms with Crippen molar-refractivity contribution in [1.82, 2.24) is 10.2 Å². The van der Waals surface area contributed by atoms with E-state index in [1.165, 1.54) is 0 Å². The van der Waals surface area contributed by atoms with E-state index in [4.69, 9.17) is 5.73 Å². The molecule has 3 N–H and O–H groups in total. The van der Waals surface area contributed by atoms with Crippen LogP contribution in [0.2, 0.25) is 0 Å². The lowest BCUT2D eigenvalue weighted by Gasteiger charge is -2.22. The molecule has 4 nitrogen and oxygen atoms in total. The van der Waals surface area contributed by atoms with E-state index in [-0.39, 0.29) is 5.54 Å². The molecule has 0 amide bonds. The van der Waals surface area contributed by atoms with E-state index >= 15 is 0 Å². The van der Waals surface area contributed by atoms with E-state index in [0.29, 0.717) is 6.54 Å². The summed E-state index contributed by atoms with van der Waals surface area (Å²) in [5, 5.41) is 11.1. The highest BCUT2D eigenvalue weighted by Gasteiger charge is 2.12. The molecule has 0 aliphatic rings. The van der Waals surface area contributed by atoms with Crippen LogP contribution in [0, 0.1) is 0 Å². The Morgan fingerprint density at radius 3 is 2.69 bits per heavy atom. The number of hydrogen-bond acceptors (Lipinski definition) is 4. The van der Waals surface area contributed by atoms with Gasteiger partial charge in [0.1, 0.15) is 0 Å². The number of anilines is 1. The molecule has 1 rings (SSSR count). The van der Waals surface area contributed by atoms with Crippen LogP contribution in [0.15, 0.2) is 12.3 Å². The Kier molecular flexibility index (Phi) is 2.83. The molecule has 0 spiro atoms. The molecule has 1 aromatic rings. The topological polar surface area (TPSA) is 63.8 Å². The molecule has 0 unspecified atom stereocenters. The standard InChI is InChI=1S/C9H16N4/c1-9(2,3)12-8-7(6-10)4-5-11-13-8/h4-5H,6,10H2,1-3H3,(H,12,13). The molecule has 0 aliphatic heterocycles. The largest absolute Gasteiger partial charge is 0.364 e. The third kappa shape index (κ3) is 2.99. The van der Waals surface area contributed by atoms with Gasteiger partial charge in [-0.2, -0.15) is 5.10 Å². The average molecular weight is 180 g/mol. The maximum atomic E-state index is 5.56. The van der Waals surface area contributed by atoms with E-state index < -0.39 is 0 Å². The first-order chi connectivity index (χ1) is 6.03. The van der Waals surface area contributed by atoms with Gasteiger partial charge in [-0.05, 0) is 26.8 Å². The highest BCUT2D eigenvalue weighted by atomic mass is 15.2. The minimum absolute atomic E-state index is 0.0139. The molecule has 0 saturated heterocycles. The first kappa shape index (κ1) is 9.92. The zero-order valence-corrected chi connectivity index (χ0v) is 8.33. The summed E-state index contributed by atoms with van der Waals surface area (Å²) in [5.41, 5.74) is 6.54. The summed E-state index contributed by atoms with van der Waals surface area (Å²) in [6.45, 7) is 6.69. The summed E-state index contributed by atoms with van der Waals surface area (Å²) in [4.78, 5) is 0. The Morgan fingerprint density at radius 2 is 2.15 bits per heavy atom. The number of aromatic nitrogens is 2. The van der Waals surface area contributed by atoms with Crippen molar-refractivity contribution in [2.24, 2.45) is 5.73 Å². The maximum absolute atomic E-state index is 5.56. The van der Waals surface area contributed by atoms with E-state index in [2.05, 4.69) is 36.3 Å². The van der Waals surface area contributed by atoms with Crippen molar-refractivity contribution in [2.45, 2.75) is 32.9 Å². The molecule has 0 saturated carbocycles. The summed E-state index contributed by atoms with van der Waals surface area (Å²) in [6.07, 6.45) is 1.65. The van der Waals surface area contributed by atoms with Crippen LogP contribution in [0.1, 0.15) is 26.3 Å². The van der Waals surface area contributed by atoms with Gasteiger partial charge in [0.25, 0.3) is 0 Å². The number of hydrogen-bond donors (Lipinski definition) is 2. The normalized spacial score (nSPS) is 11.4. The molecule has 72 valence electrons. The second-order valence-electron chi connectivity index (χ2n) is 3.98. The molecule has 4 heteroatoms. The Bertz CT molecular complexity index is 277. The van der Waals surface area contributed by atoms with Gasteiger partial charge in [-0.3, -0.25) is 0 Å². The van der Waals surface area contributed by atoms with Crippen molar-refractivity contribution >= 4 is 5.82 Å². The molecule has 0 aromatic carbocycles. The van der Waals surface area contributed by atoms with Gasteiger partial charge in [-0.15, -0.1) is 5.10 Å². The van der Waals surface area contributed by atoms with Crippen molar-refractivity contribution in [3.63, 3.8) is 0 Å². The van der Waals surface area contributed by atoms with Crippen molar-refractivity contribution in [3.8, 4) is 0 Å². The quantitative estimate of drug-likeness (QED) is 0.716. The Balaban J connectivity index is 2.87. The van der Waals surface area contributed by atoms with Crippen LogP contribution in [0.25, 0.3) is 0 Å². The fourth-order valence-electron chi connectivity index (χ4n) is 0.983. The van der Waals surface area contributed by atoms with Crippen LogP contribution in [-0.2, 0) is 6.54 Å². The predicted molar refractivity (Wildman–Crippen MR) is 53.3 cm³/mol. The summed E-state index contributed by atoms with van der Waals surface area (Å²) < 4.78 is 0. The van der Waals surface area contributed by atoms with Crippen LogP contribution in [0.4, 0.5) is 5.82 Å². The van der Waals surface area contributed by atoms with Crippen LogP contribution >= 0.6 is 0 Å². The molecular formula is C9H16N4. The SMILES string of the molecule is CC(C)(C)Nc1nnccc1CN. The third-order valence-electron chi connectivity index (χ3n) is 1.52. The van der Waals surface area contributed by atoms with Crippen LogP contribution in [0.5, 0.6) is 0 Å². The van der Waals surface area contributed by atoms with Crippen LogP contribution in [0.3, 0.4) is 0 Å². The van der Waals surface area contributed by atoms with Gasteiger partial charge in [0, 0.05) is 17.6 Å². The van der Waals surface area contributed by atoms with E-state index in [0.717, 1.165) is 11.4 Å². The zero-order chi connectivity index (χ0) is 9.90. The summed E-state index contributed by atoms with van der Waals surface area (Å²) in [7, 11) is 0. The van der Waals surface area contributed by atoms with Crippen molar-refractivity contribution < 1.29 is 0 Å². The molecular weight excluding hydrogens is 164 g/mol. The second-order valence-corrected chi connectivity index (χ2v) is 3.98.